The van der Waals surface area contributed by atoms with E-state index in [2.05, 4.69) is 36.3 Å². The minimum Gasteiger partial charge on any atom is -0.231 e. The molecule has 88 valence electrons. The van der Waals surface area contributed by atoms with E-state index in [1.54, 1.807) is 0 Å². The zero-order valence-corrected chi connectivity index (χ0v) is 11.3. The van der Waals surface area contributed by atoms with E-state index in [-0.39, 0.29) is 29.5 Å². The molecule has 1 rings (SSSR count). The quantitative estimate of drug-likeness (QED) is 0.615. The van der Waals surface area contributed by atoms with E-state index in [0.717, 1.165) is 0 Å². The number of hydrazine groups is 2. The summed E-state index contributed by atoms with van der Waals surface area (Å²) in [5.74, 6) is 0. The molecule has 3 nitrogen and oxygen atoms in total. The van der Waals surface area contributed by atoms with Crippen molar-refractivity contribution >= 4 is 12.4 Å². The number of hydrogen-bond acceptors (Lipinski definition) is 3. The van der Waals surface area contributed by atoms with Crippen molar-refractivity contribution in [3.63, 3.8) is 0 Å². The molecule has 0 N–H and O–H groups in total. The monoisotopic (exact) mass is 263 g/mol. The number of hydrogen-bond donors (Lipinski definition) is 0. The molecule has 1 fully saturated rings. The molecule has 0 aliphatic carbocycles. The molecule has 1 heterocycles. The van der Waals surface area contributed by atoms with E-state index < -0.39 is 0 Å². The molecular formula is C9H22ClFeN3. The van der Waals surface area contributed by atoms with Crippen molar-refractivity contribution in [2.75, 3.05) is 34.2 Å². The fourth-order valence-corrected chi connectivity index (χ4v) is 1.58. The first kappa shape index (κ1) is 17.1. The summed E-state index contributed by atoms with van der Waals surface area (Å²) in [7, 11) is 6.44. The van der Waals surface area contributed by atoms with Crippen LogP contribution in [0.4, 0.5) is 0 Å². The second kappa shape index (κ2) is 8.95. The topological polar surface area (TPSA) is 9.72 Å². The molecule has 1 aliphatic rings. The van der Waals surface area contributed by atoms with Gasteiger partial charge in [-0.15, -0.1) is 12.4 Å². The van der Waals surface area contributed by atoms with Crippen LogP contribution in [-0.4, -0.2) is 49.4 Å². The van der Waals surface area contributed by atoms with Gasteiger partial charge in [0, 0.05) is 51.3 Å². The third-order valence-electron chi connectivity index (χ3n) is 2.70. The molecule has 1 saturated heterocycles. The normalized spacial score (nSPS) is 22.5. The van der Waals surface area contributed by atoms with Gasteiger partial charge in [-0.2, -0.15) is 5.12 Å². The summed E-state index contributed by atoms with van der Waals surface area (Å²) in [6.07, 6.45) is 5.42. The first-order chi connectivity index (χ1) is 5.72. The standard InChI is InChI=1S/C9H21N3.ClH.Fe/c1-10-8-6-4-5-7-9-11(2)12(10)3;;/h4-9H2,1-3H3;1H;. The number of rotatable bonds is 0. The summed E-state index contributed by atoms with van der Waals surface area (Å²) in [4.78, 5) is 0. The van der Waals surface area contributed by atoms with Crippen molar-refractivity contribution in [2.24, 2.45) is 0 Å². The summed E-state index contributed by atoms with van der Waals surface area (Å²) in [6.45, 7) is 2.36. The van der Waals surface area contributed by atoms with Crippen LogP contribution in [0.3, 0.4) is 0 Å². The Hall–Kier alpha value is 0.689. The van der Waals surface area contributed by atoms with Crippen LogP contribution in [0.2, 0.25) is 0 Å². The van der Waals surface area contributed by atoms with Crippen molar-refractivity contribution in [2.45, 2.75) is 25.7 Å². The molecule has 5 heteroatoms. The Bertz CT molecular complexity index is 123. The third-order valence-corrected chi connectivity index (χ3v) is 2.70. The van der Waals surface area contributed by atoms with E-state index in [0.29, 0.717) is 0 Å². The first-order valence-corrected chi connectivity index (χ1v) is 4.87. The average Bonchev–Trinajstić information content (AvgIpc) is 2.12. The van der Waals surface area contributed by atoms with Crippen molar-refractivity contribution in [3.05, 3.63) is 0 Å². The summed E-state index contributed by atoms with van der Waals surface area (Å²) < 4.78 is 0. The van der Waals surface area contributed by atoms with Crippen LogP contribution in [0.1, 0.15) is 25.7 Å². The van der Waals surface area contributed by atoms with Gasteiger partial charge in [0.1, 0.15) is 0 Å². The Morgan fingerprint density at radius 3 is 1.43 bits per heavy atom. The molecule has 0 atom stereocenters. The summed E-state index contributed by atoms with van der Waals surface area (Å²) in [5, 5.41) is 6.78. The molecule has 0 aromatic heterocycles. The van der Waals surface area contributed by atoms with Crippen LogP contribution in [0, 0.1) is 0 Å². The van der Waals surface area contributed by atoms with Gasteiger partial charge in [0.2, 0.25) is 0 Å². The maximum absolute atomic E-state index is 2.28. The smallest absolute Gasteiger partial charge is 0.0179 e. The zero-order valence-electron chi connectivity index (χ0n) is 9.35. The first-order valence-electron chi connectivity index (χ1n) is 4.87. The van der Waals surface area contributed by atoms with Gasteiger partial charge in [0.05, 0.1) is 0 Å². The second-order valence-corrected chi connectivity index (χ2v) is 3.67. The molecule has 0 saturated carbocycles. The molecule has 0 spiro atoms. The van der Waals surface area contributed by atoms with Crippen molar-refractivity contribution < 1.29 is 17.1 Å². The van der Waals surface area contributed by atoms with Crippen LogP contribution >= 0.6 is 12.4 Å². The molecule has 0 bridgehead atoms. The predicted octanol–water partition coefficient (Wildman–Crippen LogP) is 1.61. The molecule has 0 aromatic rings. The summed E-state index contributed by atoms with van der Waals surface area (Å²) >= 11 is 0. The van der Waals surface area contributed by atoms with Crippen LogP contribution in [-0.2, 0) is 17.1 Å². The Morgan fingerprint density at radius 1 is 0.714 bits per heavy atom. The Kier molecular flexibility index (Phi) is 10.9. The molecule has 0 aromatic carbocycles. The van der Waals surface area contributed by atoms with Gasteiger partial charge in [0.25, 0.3) is 0 Å². The minimum atomic E-state index is 0. The maximum atomic E-state index is 2.28. The average molecular weight is 264 g/mol. The van der Waals surface area contributed by atoms with Gasteiger partial charge in [-0.1, -0.05) is 12.8 Å². The molecule has 1 aliphatic heterocycles. The molecule has 0 amide bonds. The predicted molar refractivity (Wildman–Crippen MR) is 58.7 cm³/mol. The van der Waals surface area contributed by atoms with Crippen molar-refractivity contribution in [1.29, 1.82) is 0 Å². The van der Waals surface area contributed by atoms with Crippen molar-refractivity contribution in [1.82, 2.24) is 15.1 Å². The number of halogens is 1. The van der Waals surface area contributed by atoms with E-state index >= 15 is 0 Å². The molecular weight excluding hydrogens is 241 g/mol. The zero-order chi connectivity index (χ0) is 8.97. The second-order valence-electron chi connectivity index (χ2n) is 3.67. The summed E-state index contributed by atoms with van der Waals surface area (Å²) in [6, 6.07) is 0. The van der Waals surface area contributed by atoms with Gasteiger partial charge in [-0.3, -0.25) is 0 Å². The van der Waals surface area contributed by atoms with Gasteiger partial charge in [-0.25, -0.2) is 10.0 Å². The molecule has 0 unspecified atom stereocenters. The third kappa shape index (κ3) is 5.54. The Labute approximate surface area is 105 Å². The SMILES string of the molecule is CN1CCCCCCN(C)N1C.Cl.[Fe]. The van der Waals surface area contributed by atoms with E-state index in [1.165, 1.54) is 38.8 Å². The number of nitrogens with zero attached hydrogens (tertiary/aromatic N) is 3. The molecule has 14 heavy (non-hydrogen) atoms. The van der Waals surface area contributed by atoms with Crippen molar-refractivity contribution in [3.8, 4) is 0 Å². The van der Waals surface area contributed by atoms with Crippen LogP contribution < -0.4 is 0 Å². The Morgan fingerprint density at radius 2 is 1.07 bits per heavy atom. The van der Waals surface area contributed by atoms with Gasteiger partial charge in [0.15, 0.2) is 0 Å². The summed E-state index contributed by atoms with van der Waals surface area (Å²) in [5.41, 5.74) is 0. The van der Waals surface area contributed by atoms with E-state index in [1.807, 2.05) is 0 Å². The minimum absolute atomic E-state index is 0. The van der Waals surface area contributed by atoms with Gasteiger partial charge < -0.3 is 0 Å². The van der Waals surface area contributed by atoms with E-state index in [4.69, 9.17) is 0 Å². The molecule has 0 radical (unpaired) electrons. The van der Waals surface area contributed by atoms with Crippen LogP contribution in [0.5, 0.6) is 0 Å². The maximum Gasteiger partial charge on any atom is 0.0179 e. The largest absolute Gasteiger partial charge is 0.231 e. The Balaban J connectivity index is 0. The van der Waals surface area contributed by atoms with E-state index in [9.17, 15) is 0 Å². The van der Waals surface area contributed by atoms with Crippen LogP contribution in [0.25, 0.3) is 0 Å². The van der Waals surface area contributed by atoms with Gasteiger partial charge >= 0.3 is 0 Å². The fourth-order valence-electron chi connectivity index (χ4n) is 1.58. The fraction of sp³-hybridized carbons (Fsp3) is 1.00. The van der Waals surface area contributed by atoms with Gasteiger partial charge in [-0.05, 0) is 12.8 Å². The van der Waals surface area contributed by atoms with Crippen LogP contribution in [0.15, 0.2) is 0 Å².